The van der Waals surface area contributed by atoms with E-state index in [1.807, 2.05) is 0 Å². The maximum atomic E-state index is 12.7. The van der Waals surface area contributed by atoms with Gasteiger partial charge in [-0.3, -0.25) is 4.79 Å². The molecule has 1 aromatic heterocycles. The van der Waals surface area contributed by atoms with E-state index in [9.17, 15) is 14.0 Å². The van der Waals surface area contributed by atoms with Crippen molar-refractivity contribution in [2.75, 3.05) is 12.2 Å². The first-order valence-corrected chi connectivity index (χ1v) is 9.09. The molecule has 2 N–H and O–H groups in total. The monoisotopic (exact) mass is 450 g/mol. The van der Waals surface area contributed by atoms with Gasteiger partial charge in [-0.1, -0.05) is 23.2 Å². The van der Waals surface area contributed by atoms with Crippen molar-refractivity contribution in [1.29, 1.82) is 0 Å². The molecule has 2 aromatic carbocycles. The number of alkyl halides is 1. The Hall–Kier alpha value is -3.36. The van der Waals surface area contributed by atoms with Crippen LogP contribution in [0.1, 0.15) is 20.8 Å². The van der Waals surface area contributed by atoms with Crippen LogP contribution in [0.5, 0.6) is 17.2 Å². The van der Waals surface area contributed by atoms with E-state index in [1.54, 1.807) is 0 Å². The van der Waals surface area contributed by atoms with Crippen LogP contribution in [0.2, 0.25) is 10.0 Å². The molecule has 0 unspecified atom stereocenters. The summed E-state index contributed by atoms with van der Waals surface area (Å²) in [7, 11) is 0. The highest BCUT2D eigenvalue weighted by Crippen LogP contribution is 2.34. The van der Waals surface area contributed by atoms with Gasteiger partial charge in [0.05, 0.1) is 27.5 Å². The van der Waals surface area contributed by atoms with Crippen molar-refractivity contribution < 1.29 is 28.6 Å². The lowest BCUT2D eigenvalue weighted by Gasteiger charge is -2.13. The summed E-state index contributed by atoms with van der Waals surface area (Å²) in [6.45, 7) is -0.959. The third-order valence-electron chi connectivity index (χ3n) is 3.78. The zero-order valence-corrected chi connectivity index (χ0v) is 16.6. The van der Waals surface area contributed by atoms with Gasteiger partial charge in [-0.05, 0) is 42.5 Å². The van der Waals surface area contributed by atoms with Crippen LogP contribution in [-0.4, -0.2) is 28.8 Å². The number of carboxylic acids is 1. The van der Waals surface area contributed by atoms with Crippen molar-refractivity contribution >= 4 is 40.8 Å². The van der Waals surface area contributed by atoms with Crippen LogP contribution in [0, 0.1) is 0 Å². The number of hydrogen-bond acceptors (Lipinski definition) is 5. The molecule has 0 radical (unpaired) electrons. The number of carboxylic acid groups (broad SMARTS) is 1. The lowest BCUT2D eigenvalue weighted by molar-refractivity contribution is 0.0690. The summed E-state index contributed by atoms with van der Waals surface area (Å²) < 4.78 is 22.7. The quantitative estimate of drug-likeness (QED) is 0.497. The van der Waals surface area contributed by atoms with Gasteiger partial charge in [-0.2, -0.15) is 0 Å². The van der Waals surface area contributed by atoms with E-state index in [-0.39, 0.29) is 32.7 Å². The number of halogens is 3. The maximum Gasteiger partial charge on any atom is 0.354 e. The van der Waals surface area contributed by atoms with Gasteiger partial charge in [0.2, 0.25) is 6.86 Å². The summed E-state index contributed by atoms with van der Waals surface area (Å²) in [6, 6.07) is 11.4. The minimum absolute atomic E-state index is 0.0794. The molecule has 0 spiro atoms. The van der Waals surface area contributed by atoms with Gasteiger partial charge in [0.15, 0.2) is 0 Å². The Morgan fingerprint density at radius 2 is 1.70 bits per heavy atom. The Kier molecular flexibility index (Phi) is 6.71. The zero-order valence-electron chi connectivity index (χ0n) is 15.1. The van der Waals surface area contributed by atoms with Gasteiger partial charge in [-0.15, -0.1) is 0 Å². The molecule has 3 aromatic rings. The minimum Gasteiger partial charge on any atom is -0.477 e. The second-order valence-corrected chi connectivity index (χ2v) is 6.60. The number of ether oxygens (including phenoxy) is 2. The Balaban J connectivity index is 1.85. The molecule has 0 aliphatic rings. The van der Waals surface area contributed by atoms with E-state index in [0.29, 0.717) is 11.5 Å². The minimum atomic E-state index is -1.18. The largest absolute Gasteiger partial charge is 0.477 e. The van der Waals surface area contributed by atoms with Gasteiger partial charge in [0, 0.05) is 6.07 Å². The number of benzene rings is 2. The Morgan fingerprint density at radius 1 is 1.03 bits per heavy atom. The number of amides is 1. The number of carbonyl (C=O) groups is 2. The molecule has 0 atom stereocenters. The zero-order chi connectivity index (χ0) is 21.7. The fraction of sp³-hybridized carbons (Fsp3) is 0.0500. The fourth-order valence-corrected chi connectivity index (χ4v) is 2.69. The normalized spacial score (nSPS) is 10.4. The molecule has 7 nitrogen and oxygen atoms in total. The Labute approximate surface area is 180 Å². The van der Waals surface area contributed by atoms with Crippen molar-refractivity contribution in [2.24, 2.45) is 0 Å². The van der Waals surface area contributed by atoms with Crippen LogP contribution in [0.15, 0.2) is 54.7 Å². The fourth-order valence-electron chi connectivity index (χ4n) is 2.38. The molecule has 30 heavy (non-hydrogen) atoms. The average Bonchev–Trinajstić information content (AvgIpc) is 2.72. The summed E-state index contributed by atoms with van der Waals surface area (Å²) in [4.78, 5) is 27.4. The first kappa shape index (κ1) is 21.4. The second kappa shape index (κ2) is 9.43. The Morgan fingerprint density at radius 3 is 2.30 bits per heavy atom. The third-order valence-corrected chi connectivity index (χ3v) is 4.50. The first-order chi connectivity index (χ1) is 14.4. The SMILES string of the molecule is O=C(O)c1ccc(NC(=O)c2cc(Cl)c(Cl)cc2Oc2ccc(OCF)cc2)cn1. The van der Waals surface area contributed by atoms with Gasteiger partial charge < -0.3 is 19.9 Å². The van der Waals surface area contributed by atoms with Gasteiger partial charge in [0.25, 0.3) is 5.91 Å². The molecule has 0 saturated heterocycles. The van der Waals surface area contributed by atoms with Crippen molar-refractivity contribution in [2.45, 2.75) is 0 Å². The van der Waals surface area contributed by atoms with E-state index in [4.69, 9.17) is 37.8 Å². The number of aromatic carboxylic acids is 1. The molecule has 154 valence electrons. The van der Waals surface area contributed by atoms with E-state index >= 15 is 0 Å². The van der Waals surface area contributed by atoms with Crippen LogP contribution in [0.25, 0.3) is 0 Å². The van der Waals surface area contributed by atoms with E-state index in [1.165, 1.54) is 54.7 Å². The standard InChI is InChI=1S/C20H13Cl2FN2O5/c21-15-7-14(19(26)25-11-1-6-17(20(27)28)24-9-11)18(8-16(15)22)30-13-4-2-12(3-5-13)29-10-23/h1-9H,10H2,(H,25,26)(H,27,28). The molecule has 0 fully saturated rings. The van der Waals surface area contributed by atoms with Crippen molar-refractivity contribution in [3.05, 3.63) is 76.0 Å². The lowest BCUT2D eigenvalue weighted by atomic mass is 10.1. The summed E-state index contributed by atoms with van der Waals surface area (Å²) in [6.07, 6.45) is 1.21. The summed E-state index contributed by atoms with van der Waals surface area (Å²) in [5.41, 5.74) is 0.192. The second-order valence-electron chi connectivity index (χ2n) is 5.78. The lowest BCUT2D eigenvalue weighted by Crippen LogP contribution is -2.14. The smallest absolute Gasteiger partial charge is 0.354 e. The number of pyridine rings is 1. The van der Waals surface area contributed by atoms with Crippen LogP contribution in [-0.2, 0) is 0 Å². The predicted molar refractivity (Wildman–Crippen MR) is 109 cm³/mol. The van der Waals surface area contributed by atoms with E-state index in [0.717, 1.165) is 0 Å². The third kappa shape index (κ3) is 5.16. The topological polar surface area (TPSA) is 97.8 Å². The average molecular weight is 451 g/mol. The molecule has 0 aliphatic carbocycles. The molecule has 1 amide bonds. The first-order valence-electron chi connectivity index (χ1n) is 8.34. The molecule has 10 heteroatoms. The number of rotatable bonds is 7. The summed E-state index contributed by atoms with van der Waals surface area (Å²) in [5, 5.41) is 11.8. The number of hydrogen-bond donors (Lipinski definition) is 2. The van der Waals surface area contributed by atoms with Gasteiger partial charge >= 0.3 is 5.97 Å². The van der Waals surface area contributed by atoms with Crippen molar-refractivity contribution in [3.8, 4) is 17.2 Å². The number of anilines is 1. The van der Waals surface area contributed by atoms with Crippen molar-refractivity contribution in [1.82, 2.24) is 4.98 Å². The van der Waals surface area contributed by atoms with Gasteiger partial charge in [-0.25, -0.2) is 14.2 Å². The van der Waals surface area contributed by atoms with E-state index in [2.05, 4.69) is 10.3 Å². The highest BCUT2D eigenvalue weighted by molar-refractivity contribution is 6.42. The molecule has 1 heterocycles. The van der Waals surface area contributed by atoms with Crippen LogP contribution in [0.4, 0.5) is 10.1 Å². The van der Waals surface area contributed by atoms with Crippen LogP contribution < -0.4 is 14.8 Å². The number of nitrogens with one attached hydrogen (secondary N) is 1. The van der Waals surface area contributed by atoms with Gasteiger partial charge in [0.1, 0.15) is 22.9 Å². The summed E-state index contributed by atoms with van der Waals surface area (Å²) in [5.74, 6) is -0.978. The molecule has 0 bridgehead atoms. The highest BCUT2D eigenvalue weighted by Gasteiger charge is 2.17. The van der Waals surface area contributed by atoms with Crippen LogP contribution >= 0.6 is 23.2 Å². The number of aromatic nitrogens is 1. The van der Waals surface area contributed by atoms with Crippen molar-refractivity contribution in [3.63, 3.8) is 0 Å². The maximum absolute atomic E-state index is 12.7. The summed E-state index contributed by atoms with van der Waals surface area (Å²) >= 11 is 12.1. The molecular weight excluding hydrogens is 438 g/mol. The van der Waals surface area contributed by atoms with Crippen LogP contribution in [0.3, 0.4) is 0 Å². The highest BCUT2D eigenvalue weighted by atomic mass is 35.5. The number of nitrogens with zero attached hydrogens (tertiary/aromatic N) is 1. The van der Waals surface area contributed by atoms with E-state index < -0.39 is 18.7 Å². The molecular formula is C20H13Cl2FN2O5. The molecule has 0 aliphatic heterocycles. The Bertz CT molecular complexity index is 1080. The number of carbonyl (C=O) groups excluding carboxylic acids is 1. The molecule has 0 saturated carbocycles. The molecule has 3 rings (SSSR count). The predicted octanol–water partition coefficient (Wildman–Crippen LogP) is 5.44.